The number of rotatable bonds is 5. The molecule has 3 rings (SSSR count). The number of hydrogen-bond donors (Lipinski definition) is 0. The molecule has 0 radical (unpaired) electrons. The van der Waals surface area contributed by atoms with Crippen LogP contribution in [-0.2, 0) is 23.8 Å². The van der Waals surface area contributed by atoms with Crippen molar-refractivity contribution in [1.82, 2.24) is 0 Å². The summed E-state index contributed by atoms with van der Waals surface area (Å²) in [7, 11) is -3.47. The summed E-state index contributed by atoms with van der Waals surface area (Å²) in [5, 5.41) is 0. The van der Waals surface area contributed by atoms with Crippen LogP contribution in [0.15, 0.2) is 24.3 Å². The van der Waals surface area contributed by atoms with Crippen molar-refractivity contribution in [2.75, 3.05) is 26.1 Å². The van der Waals surface area contributed by atoms with Gasteiger partial charge in [-0.1, -0.05) is 18.6 Å². The second-order valence-corrected chi connectivity index (χ2v) is 8.68. The van der Waals surface area contributed by atoms with Gasteiger partial charge in [-0.3, -0.25) is 4.18 Å². The zero-order chi connectivity index (χ0) is 16.7. The molecule has 3 atom stereocenters. The van der Waals surface area contributed by atoms with Crippen LogP contribution in [0.1, 0.15) is 32.6 Å². The Kier molecular flexibility index (Phi) is 4.46. The van der Waals surface area contributed by atoms with Gasteiger partial charge in [-0.05, 0) is 37.2 Å². The van der Waals surface area contributed by atoms with E-state index in [9.17, 15) is 8.42 Å². The first-order valence-electron chi connectivity index (χ1n) is 8.27. The topological polar surface area (TPSA) is 61.8 Å². The van der Waals surface area contributed by atoms with Gasteiger partial charge in [-0.15, -0.1) is 6.58 Å². The van der Waals surface area contributed by atoms with Gasteiger partial charge < -0.3 is 9.47 Å². The molecule has 0 N–H and O–H groups in total. The van der Waals surface area contributed by atoms with E-state index in [1.807, 2.05) is 6.08 Å². The predicted octanol–water partition coefficient (Wildman–Crippen LogP) is 2.64. The minimum absolute atomic E-state index is 0.205. The van der Waals surface area contributed by atoms with E-state index in [4.69, 9.17) is 13.7 Å². The average Bonchev–Trinajstić information content (AvgIpc) is 3.09. The first-order valence-corrected chi connectivity index (χ1v) is 10.1. The predicted molar refractivity (Wildman–Crippen MR) is 87.3 cm³/mol. The molecule has 6 heteroatoms. The third-order valence-electron chi connectivity index (χ3n) is 5.70. The third kappa shape index (κ3) is 3.14. The molecule has 0 aromatic heterocycles. The van der Waals surface area contributed by atoms with Crippen LogP contribution >= 0.6 is 0 Å². The molecule has 0 unspecified atom stereocenters. The Hall–Kier alpha value is -0.690. The van der Waals surface area contributed by atoms with Gasteiger partial charge in [0.1, 0.15) is 0 Å². The Labute approximate surface area is 138 Å². The Bertz CT molecular complexity index is 602. The fourth-order valence-corrected chi connectivity index (χ4v) is 4.91. The molecular formula is C17H26O5S. The molecule has 130 valence electrons. The van der Waals surface area contributed by atoms with Gasteiger partial charge in [0, 0.05) is 11.8 Å². The zero-order valence-corrected chi connectivity index (χ0v) is 14.7. The van der Waals surface area contributed by atoms with Gasteiger partial charge in [0.05, 0.1) is 26.1 Å². The maximum atomic E-state index is 11.5. The minimum Gasteiger partial charge on any atom is -0.344 e. The Morgan fingerprint density at radius 3 is 2.74 bits per heavy atom. The summed E-state index contributed by atoms with van der Waals surface area (Å²) >= 11 is 0. The van der Waals surface area contributed by atoms with E-state index < -0.39 is 15.9 Å². The highest BCUT2D eigenvalue weighted by Crippen LogP contribution is 2.58. The average molecular weight is 342 g/mol. The van der Waals surface area contributed by atoms with Crippen molar-refractivity contribution in [3.8, 4) is 0 Å². The smallest absolute Gasteiger partial charge is 0.264 e. The van der Waals surface area contributed by atoms with E-state index in [-0.39, 0.29) is 12.0 Å². The van der Waals surface area contributed by atoms with Crippen LogP contribution in [0.4, 0.5) is 0 Å². The van der Waals surface area contributed by atoms with Crippen molar-refractivity contribution in [3.63, 3.8) is 0 Å². The number of fused-ring (bicyclic) bond motifs is 1. The number of hydrogen-bond acceptors (Lipinski definition) is 5. The van der Waals surface area contributed by atoms with Crippen molar-refractivity contribution < 1.29 is 22.1 Å². The monoisotopic (exact) mass is 342 g/mol. The molecule has 1 saturated carbocycles. The lowest BCUT2D eigenvalue weighted by Crippen LogP contribution is -2.43. The molecule has 5 nitrogen and oxygen atoms in total. The van der Waals surface area contributed by atoms with E-state index in [0.29, 0.717) is 25.0 Å². The van der Waals surface area contributed by atoms with Crippen LogP contribution in [0, 0.1) is 17.3 Å². The maximum absolute atomic E-state index is 11.5. The van der Waals surface area contributed by atoms with E-state index in [1.165, 1.54) is 5.57 Å². The van der Waals surface area contributed by atoms with Crippen LogP contribution < -0.4 is 0 Å². The lowest BCUT2D eigenvalue weighted by Gasteiger charge is -2.44. The van der Waals surface area contributed by atoms with Crippen LogP contribution in [0.25, 0.3) is 0 Å². The van der Waals surface area contributed by atoms with Crippen LogP contribution in [0.2, 0.25) is 0 Å². The second kappa shape index (κ2) is 5.99. The van der Waals surface area contributed by atoms with Crippen LogP contribution in [-0.4, -0.2) is 40.3 Å². The van der Waals surface area contributed by atoms with Gasteiger partial charge in [0.15, 0.2) is 5.79 Å². The minimum atomic E-state index is -3.47. The van der Waals surface area contributed by atoms with Gasteiger partial charge in [-0.2, -0.15) is 8.42 Å². The largest absolute Gasteiger partial charge is 0.344 e. The third-order valence-corrected chi connectivity index (χ3v) is 6.25. The van der Waals surface area contributed by atoms with Gasteiger partial charge in [0.2, 0.25) is 0 Å². The first-order chi connectivity index (χ1) is 10.8. The van der Waals surface area contributed by atoms with Crippen molar-refractivity contribution in [2.24, 2.45) is 17.3 Å². The van der Waals surface area contributed by atoms with Gasteiger partial charge in [-0.25, -0.2) is 0 Å². The highest BCUT2D eigenvalue weighted by molar-refractivity contribution is 7.85. The summed E-state index contributed by atoms with van der Waals surface area (Å²) < 4.78 is 40.0. The van der Waals surface area contributed by atoms with E-state index >= 15 is 0 Å². The van der Waals surface area contributed by atoms with Crippen molar-refractivity contribution in [2.45, 2.75) is 38.4 Å². The Morgan fingerprint density at radius 2 is 2.13 bits per heavy atom. The SMILES string of the molecule is C=C[C@@H](C)[C@H]1CCC2=CC3(CC[C@@]21COS(C)(=O)=O)OCCO3. The van der Waals surface area contributed by atoms with Crippen molar-refractivity contribution in [3.05, 3.63) is 24.3 Å². The lowest BCUT2D eigenvalue weighted by atomic mass is 9.65. The molecule has 0 amide bonds. The van der Waals surface area contributed by atoms with E-state index in [0.717, 1.165) is 31.9 Å². The van der Waals surface area contributed by atoms with Crippen molar-refractivity contribution >= 4 is 10.1 Å². The Balaban J connectivity index is 1.94. The first kappa shape index (κ1) is 17.1. The summed E-state index contributed by atoms with van der Waals surface area (Å²) in [6.07, 6.45) is 8.68. The highest BCUT2D eigenvalue weighted by atomic mass is 32.2. The molecule has 0 aromatic rings. The van der Waals surface area contributed by atoms with Gasteiger partial charge >= 0.3 is 0 Å². The van der Waals surface area contributed by atoms with Gasteiger partial charge in [0.25, 0.3) is 10.1 Å². The zero-order valence-electron chi connectivity index (χ0n) is 13.9. The van der Waals surface area contributed by atoms with Crippen LogP contribution in [0.3, 0.4) is 0 Å². The molecule has 1 heterocycles. The number of ether oxygens (including phenoxy) is 2. The lowest BCUT2D eigenvalue weighted by molar-refractivity contribution is -0.136. The maximum Gasteiger partial charge on any atom is 0.264 e. The van der Waals surface area contributed by atoms with Crippen LogP contribution in [0.5, 0.6) is 0 Å². The summed E-state index contributed by atoms with van der Waals surface area (Å²) in [5.41, 5.74) is 0.977. The molecule has 0 bridgehead atoms. The molecular weight excluding hydrogens is 316 g/mol. The molecule has 3 aliphatic rings. The summed E-state index contributed by atoms with van der Waals surface area (Å²) in [5.74, 6) is 0.0474. The van der Waals surface area contributed by atoms with E-state index in [1.54, 1.807) is 0 Å². The fourth-order valence-electron chi connectivity index (χ4n) is 4.48. The molecule has 1 aliphatic heterocycles. The number of allylic oxidation sites excluding steroid dienone is 1. The Morgan fingerprint density at radius 1 is 1.43 bits per heavy atom. The molecule has 0 aromatic carbocycles. The molecule has 23 heavy (non-hydrogen) atoms. The normalized spacial score (nSPS) is 34.2. The standard InChI is InChI=1S/C17H26O5S/c1-4-13(2)15-6-5-14-11-17(20-9-10-21-17)8-7-16(14,15)12-22-23(3,18)19/h4,11,13,15H,1,5-10,12H2,2-3H3/t13-,15-,16-/m1/s1. The van der Waals surface area contributed by atoms with Crippen molar-refractivity contribution in [1.29, 1.82) is 0 Å². The molecule has 1 saturated heterocycles. The molecule has 1 spiro atoms. The fraction of sp³-hybridized carbons (Fsp3) is 0.765. The summed E-state index contributed by atoms with van der Waals surface area (Å²) in [6.45, 7) is 7.51. The summed E-state index contributed by atoms with van der Waals surface area (Å²) in [6, 6.07) is 0. The second-order valence-electron chi connectivity index (χ2n) is 7.04. The summed E-state index contributed by atoms with van der Waals surface area (Å²) in [4.78, 5) is 0. The molecule has 2 fully saturated rings. The highest BCUT2D eigenvalue weighted by Gasteiger charge is 2.54. The quantitative estimate of drug-likeness (QED) is 0.568. The van der Waals surface area contributed by atoms with E-state index in [2.05, 4.69) is 19.6 Å². The molecule has 2 aliphatic carbocycles.